The van der Waals surface area contributed by atoms with Crippen LogP contribution in [0.15, 0.2) is 9.85 Å². The van der Waals surface area contributed by atoms with E-state index in [4.69, 9.17) is 5.11 Å². The maximum Gasteiger partial charge on any atom is 0.303 e. The molecule has 0 spiro atoms. The molecule has 2 nitrogen and oxygen atoms in total. The van der Waals surface area contributed by atoms with Crippen LogP contribution in [0.25, 0.3) is 0 Å². The van der Waals surface area contributed by atoms with E-state index in [0.717, 1.165) is 16.9 Å². The van der Waals surface area contributed by atoms with Gasteiger partial charge >= 0.3 is 5.97 Å². The smallest absolute Gasteiger partial charge is 0.303 e. The molecule has 0 radical (unpaired) electrons. The van der Waals surface area contributed by atoms with Gasteiger partial charge in [-0.15, -0.1) is 11.3 Å². The highest BCUT2D eigenvalue weighted by molar-refractivity contribution is 9.11. The van der Waals surface area contributed by atoms with Gasteiger partial charge in [0.15, 0.2) is 0 Å². The molecule has 1 N–H and O–H groups in total. The molecule has 1 aromatic heterocycles. The highest BCUT2D eigenvalue weighted by atomic mass is 79.9. The highest BCUT2D eigenvalue weighted by Gasteiger charge is 2.40. The zero-order chi connectivity index (χ0) is 14.1. The molecular formula is C12H15BrF2O2S. The van der Waals surface area contributed by atoms with Crippen LogP contribution in [0.5, 0.6) is 0 Å². The molecule has 0 aliphatic carbocycles. The van der Waals surface area contributed by atoms with Crippen LogP contribution in [-0.4, -0.2) is 11.1 Å². The van der Waals surface area contributed by atoms with Crippen molar-refractivity contribution in [3.05, 3.63) is 20.3 Å². The lowest BCUT2D eigenvalue weighted by Crippen LogP contribution is -2.26. The summed E-state index contributed by atoms with van der Waals surface area (Å²) in [5.41, 5.74) is -0.176. The second-order valence-corrected chi connectivity index (χ2v) is 7.55. The van der Waals surface area contributed by atoms with Gasteiger partial charge in [-0.1, -0.05) is 13.8 Å². The Bertz CT molecular complexity index is 435. The number of halogens is 3. The number of thiophene rings is 1. The van der Waals surface area contributed by atoms with E-state index in [1.165, 1.54) is 6.07 Å². The minimum absolute atomic E-state index is 0.0228. The zero-order valence-corrected chi connectivity index (χ0v) is 12.8. The summed E-state index contributed by atoms with van der Waals surface area (Å²) in [4.78, 5) is 10.6. The Hall–Kier alpha value is -0.490. The van der Waals surface area contributed by atoms with Crippen molar-refractivity contribution in [2.75, 3.05) is 0 Å². The van der Waals surface area contributed by atoms with Crippen molar-refractivity contribution in [3.63, 3.8) is 0 Å². The van der Waals surface area contributed by atoms with Crippen molar-refractivity contribution in [2.45, 2.75) is 39.5 Å². The molecule has 102 valence electrons. The number of aryl methyl sites for hydroxylation is 1. The third kappa shape index (κ3) is 4.02. The Morgan fingerprint density at radius 2 is 2.06 bits per heavy atom. The summed E-state index contributed by atoms with van der Waals surface area (Å²) >= 11 is 4.22. The number of hydrogen-bond acceptors (Lipinski definition) is 2. The van der Waals surface area contributed by atoms with Crippen LogP contribution in [0.1, 0.15) is 37.1 Å². The van der Waals surface area contributed by atoms with Gasteiger partial charge in [-0.3, -0.25) is 4.79 Å². The first-order chi connectivity index (χ1) is 8.03. The maximum absolute atomic E-state index is 14.1. The molecule has 0 unspecified atom stereocenters. The summed E-state index contributed by atoms with van der Waals surface area (Å²) in [6.45, 7) is 4.84. The quantitative estimate of drug-likeness (QED) is 0.835. The molecule has 0 aliphatic rings. The molecule has 0 aliphatic heterocycles. The van der Waals surface area contributed by atoms with Gasteiger partial charge in [0.1, 0.15) is 0 Å². The van der Waals surface area contributed by atoms with Crippen LogP contribution in [0, 0.1) is 12.3 Å². The first-order valence-electron chi connectivity index (χ1n) is 5.39. The van der Waals surface area contributed by atoms with Gasteiger partial charge in [0.25, 0.3) is 5.92 Å². The minimum Gasteiger partial charge on any atom is -0.481 e. The summed E-state index contributed by atoms with van der Waals surface area (Å²) in [5, 5.41) is 8.71. The van der Waals surface area contributed by atoms with Crippen molar-refractivity contribution < 1.29 is 18.7 Å². The number of carbonyl (C=O) groups is 1. The zero-order valence-electron chi connectivity index (χ0n) is 10.4. The first kappa shape index (κ1) is 15.6. The Balaban J connectivity index is 2.90. The number of rotatable bonds is 5. The summed E-state index contributed by atoms with van der Waals surface area (Å²) in [6.07, 6.45) is -0.743. The second kappa shape index (κ2) is 5.25. The third-order valence-electron chi connectivity index (χ3n) is 2.55. The summed E-state index contributed by atoms with van der Waals surface area (Å²) < 4.78 is 28.9. The Morgan fingerprint density at radius 3 is 2.44 bits per heavy atom. The molecule has 1 heterocycles. The molecule has 1 aromatic rings. The van der Waals surface area contributed by atoms with Crippen molar-refractivity contribution in [2.24, 2.45) is 5.41 Å². The molecule has 0 atom stereocenters. The predicted octanol–water partition coefficient (Wildman–Crippen LogP) is 4.80. The molecule has 0 amide bonds. The van der Waals surface area contributed by atoms with Crippen molar-refractivity contribution in [1.29, 1.82) is 0 Å². The molecule has 0 bridgehead atoms. The Labute approximate surface area is 117 Å². The Morgan fingerprint density at radius 1 is 1.50 bits per heavy atom. The van der Waals surface area contributed by atoms with E-state index in [1.54, 1.807) is 20.8 Å². The van der Waals surface area contributed by atoms with E-state index in [1.807, 2.05) is 0 Å². The van der Waals surface area contributed by atoms with E-state index < -0.39 is 23.7 Å². The number of carboxylic acids is 1. The molecule has 18 heavy (non-hydrogen) atoms. The Kier molecular flexibility index (Phi) is 4.54. The monoisotopic (exact) mass is 340 g/mol. The van der Waals surface area contributed by atoms with Crippen molar-refractivity contribution in [3.8, 4) is 0 Å². The van der Waals surface area contributed by atoms with Crippen LogP contribution >= 0.6 is 27.3 Å². The summed E-state index contributed by atoms with van der Waals surface area (Å²) in [7, 11) is 0. The number of hydrogen-bond donors (Lipinski definition) is 1. The summed E-state index contributed by atoms with van der Waals surface area (Å²) in [6, 6.07) is 1.45. The molecule has 0 aromatic carbocycles. The number of alkyl halides is 2. The van der Waals surface area contributed by atoms with Crippen LogP contribution in [0.3, 0.4) is 0 Å². The van der Waals surface area contributed by atoms with Gasteiger partial charge in [-0.05, 0) is 39.9 Å². The minimum atomic E-state index is -3.00. The molecule has 0 saturated carbocycles. The lowest BCUT2D eigenvalue weighted by Gasteiger charge is -2.27. The molecule has 0 saturated heterocycles. The fourth-order valence-corrected chi connectivity index (χ4v) is 3.31. The second-order valence-electron chi connectivity index (χ2n) is 5.18. The van der Waals surface area contributed by atoms with Gasteiger partial charge in [-0.2, -0.15) is 0 Å². The summed E-state index contributed by atoms with van der Waals surface area (Å²) in [5.74, 6) is -4.06. The first-order valence-corrected chi connectivity index (χ1v) is 7.00. The van der Waals surface area contributed by atoms with Crippen LogP contribution in [0.4, 0.5) is 8.78 Å². The van der Waals surface area contributed by atoms with E-state index in [0.29, 0.717) is 3.79 Å². The van der Waals surface area contributed by atoms with Gasteiger partial charge in [0, 0.05) is 6.42 Å². The number of carboxylic acid groups (broad SMARTS) is 1. The number of aliphatic carboxylic acids is 1. The maximum atomic E-state index is 14.1. The average molecular weight is 341 g/mol. The van der Waals surface area contributed by atoms with Gasteiger partial charge in [0.05, 0.1) is 15.1 Å². The topological polar surface area (TPSA) is 37.3 Å². The fourth-order valence-electron chi connectivity index (χ4n) is 1.80. The van der Waals surface area contributed by atoms with Gasteiger partial charge in [-0.25, -0.2) is 8.78 Å². The van der Waals surface area contributed by atoms with E-state index in [9.17, 15) is 13.6 Å². The van der Waals surface area contributed by atoms with Crippen LogP contribution < -0.4 is 0 Å². The van der Waals surface area contributed by atoms with Crippen LogP contribution in [0.2, 0.25) is 0 Å². The SMILES string of the molecule is Cc1cc(C(F)(F)CC(C)(C)CC(=O)O)sc1Br. The van der Waals surface area contributed by atoms with E-state index in [-0.39, 0.29) is 11.3 Å². The van der Waals surface area contributed by atoms with Gasteiger partial charge < -0.3 is 5.11 Å². The van der Waals surface area contributed by atoms with Crippen LogP contribution in [-0.2, 0) is 10.7 Å². The molecular weight excluding hydrogens is 326 g/mol. The van der Waals surface area contributed by atoms with E-state index >= 15 is 0 Å². The molecule has 0 fully saturated rings. The molecule has 6 heteroatoms. The average Bonchev–Trinajstić information content (AvgIpc) is 2.42. The fraction of sp³-hybridized carbons (Fsp3) is 0.583. The normalized spacial score (nSPS) is 12.8. The van der Waals surface area contributed by atoms with Crippen molar-refractivity contribution >= 4 is 33.2 Å². The predicted molar refractivity (Wildman–Crippen MR) is 71.3 cm³/mol. The lowest BCUT2D eigenvalue weighted by molar-refractivity contribution is -0.140. The van der Waals surface area contributed by atoms with Gasteiger partial charge in [0.2, 0.25) is 0 Å². The largest absolute Gasteiger partial charge is 0.481 e. The third-order valence-corrected chi connectivity index (χ3v) is 4.80. The lowest BCUT2D eigenvalue weighted by atomic mass is 9.82. The molecule has 1 rings (SSSR count). The van der Waals surface area contributed by atoms with Crippen molar-refractivity contribution in [1.82, 2.24) is 0 Å². The highest BCUT2D eigenvalue weighted by Crippen LogP contribution is 2.45. The van der Waals surface area contributed by atoms with E-state index in [2.05, 4.69) is 15.9 Å². The standard InChI is InChI=1S/C12H15BrF2O2S/c1-7-4-8(18-10(7)13)12(14,15)6-11(2,3)5-9(16)17/h4H,5-6H2,1-3H3,(H,16,17).